The summed E-state index contributed by atoms with van der Waals surface area (Å²) >= 11 is 0. The van der Waals surface area contributed by atoms with Gasteiger partial charge in [-0.1, -0.05) is 27.7 Å². The highest BCUT2D eigenvalue weighted by molar-refractivity contribution is 5.38. The average molecular weight is 432 g/mol. The lowest BCUT2D eigenvalue weighted by Crippen LogP contribution is -2.26. The molecule has 0 bridgehead atoms. The van der Waals surface area contributed by atoms with Gasteiger partial charge in [-0.2, -0.15) is 13.2 Å². The first-order chi connectivity index (χ1) is 13.9. The van der Waals surface area contributed by atoms with Gasteiger partial charge in [-0.05, 0) is 29.7 Å². The van der Waals surface area contributed by atoms with Gasteiger partial charge in [-0.25, -0.2) is 8.78 Å². The number of pyridine rings is 2. The second kappa shape index (κ2) is 9.57. The lowest BCUT2D eigenvalue weighted by atomic mass is 9.82. The maximum absolute atomic E-state index is 12.7. The number of rotatable bonds is 9. The quantitative estimate of drug-likeness (QED) is 0.477. The van der Waals surface area contributed by atoms with Crippen molar-refractivity contribution in [3.05, 3.63) is 47.5 Å². The second-order valence-corrected chi connectivity index (χ2v) is 7.88. The van der Waals surface area contributed by atoms with Gasteiger partial charge in [0.1, 0.15) is 18.1 Å². The van der Waals surface area contributed by atoms with Crippen LogP contribution in [0.4, 0.5) is 22.0 Å². The molecule has 0 amide bonds. The SMILES string of the molecule is CC(C)c1cnc(CC(C)(C)c2ncccc2OCC(F)(F)F)c(OCC(F)F)c1. The Balaban J connectivity index is 2.34. The highest BCUT2D eigenvalue weighted by atomic mass is 19.4. The minimum atomic E-state index is -4.48. The van der Waals surface area contributed by atoms with Crippen molar-refractivity contribution in [2.75, 3.05) is 13.2 Å². The van der Waals surface area contributed by atoms with Crippen LogP contribution in [-0.2, 0) is 11.8 Å². The van der Waals surface area contributed by atoms with Crippen LogP contribution in [0.3, 0.4) is 0 Å². The van der Waals surface area contributed by atoms with E-state index in [2.05, 4.69) is 9.97 Å². The van der Waals surface area contributed by atoms with Crippen LogP contribution in [0.25, 0.3) is 0 Å². The Labute approximate surface area is 172 Å². The lowest BCUT2D eigenvalue weighted by molar-refractivity contribution is -0.153. The number of ether oxygens (including phenoxy) is 2. The Kier molecular flexibility index (Phi) is 7.60. The molecule has 0 radical (unpaired) electrons. The van der Waals surface area contributed by atoms with E-state index in [9.17, 15) is 22.0 Å². The van der Waals surface area contributed by atoms with E-state index >= 15 is 0 Å². The van der Waals surface area contributed by atoms with Gasteiger partial charge in [0.2, 0.25) is 0 Å². The highest BCUT2D eigenvalue weighted by Crippen LogP contribution is 2.35. The average Bonchev–Trinajstić information content (AvgIpc) is 2.64. The molecule has 4 nitrogen and oxygen atoms in total. The number of nitrogens with zero attached hydrogens (tertiary/aromatic N) is 2. The van der Waals surface area contributed by atoms with Crippen molar-refractivity contribution in [3.63, 3.8) is 0 Å². The van der Waals surface area contributed by atoms with Gasteiger partial charge in [0.15, 0.2) is 6.61 Å². The predicted molar refractivity (Wildman–Crippen MR) is 102 cm³/mol. The normalized spacial score (nSPS) is 12.5. The van der Waals surface area contributed by atoms with Gasteiger partial charge in [0, 0.05) is 24.2 Å². The predicted octanol–water partition coefficient (Wildman–Crippen LogP) is 5.71. The summed E-state index contributed by atoms with van der Waals surface area (Å²) in [5.74, 6) is 0.351. The molecule has 0 aromatic carbocycles. The third-order valence-electron chi connectivity index (χ3n) is 4.40. The Bertz CT molecular complexity index is 838. The zero-order chi connectivity index (χ0) is 22.5. The third kappa shape index (κ3) is 6.81. The van der Waals surface area contributed by atoms with Gasteiger partial charge >= 0.3 is 6.18 Å². The minimum Gasteiger partial charge on any atom is -0.486 e. The van der Waals surface area contributed by atoms with E-state index in [-0.39, 0.29) is 23.8 Å². The van der Waals surface area contributed by atoms with Crippen molar-refractivity contribution in [2.24, 2.45) is 0 Å². The molecule has 0 saturated heterocycles. The highest BCUT2D eigenvalue weighted by Gasteiger charge is 2.32. The monoisotopic (exact) mass is 432 g/mol. The molecule has 2 rings (SSSR count). The van der Waals surface area contributed by atoms with E-state index < -0.39 is 31.2 Å². The Hall–Kier alpha value is -2.45. The zero-order valence-corrected chi connectivity index (χ0v) is 17.3. The summed E-state index contributed by atoms with van der Waals surface area (Å²) in [5.41, 5.74) is 0.742. The Morgan fingerprint density at radius 3 is 2.33 bits per heavy atom. The summed E-state index contributed by atoms with van der Waals surface area (Å²) in [6.45, 7) is 5.20. The number of hydrogen-bond acceptors (Lipinski definition) is 4. The van der Waals surface area contributed by atoms with Crippen LogP contribution in [0.1, 0.15) is 50.6 Å². The molecule has 0 atom stereocenters. The molecule has 0 unspecified atom stereocenters. The molecular weight excluding hydrogens is 407 g/mol. The summed E-state index contributed by atoms with van der Waals surface area (Å²) < 4.78 is 73.4. The molecule has 0 fully saturated rings. The molecule has 0 aliphatic heterocycles. The first-order valence-electron chi connectivity index (χ1n) is 9.44. The van der Waals surface area contributed by atoms with E-state index in [1.807, 2.05) is 13.8 Å². The van der Waals surface area contributed by atoms with E-state index in [4.69, 9.17) is 9.47 Å². The molecule has 0 aliphatic rings. The standard InChI is InChI=1S/C21H25F5N2O2/c1-13(2)14-8-17(29-11-18(22)23)15(28-10-14)9-20(3,4)19-16(6-5-7-27-19)30-12-21(24,25)26/h5-8,10,13,18H,9,11-12H2,1-4H3. The molecule has 2 aromatic heterocycles. The van der Waals surface area contributed by atoms with Crippen LogP contribution in [0, 0.1) is 0 Å². The van der Waals surface area contributed by atoms with Crippen molar-refractivity contribution in [3.8, 4) is 11.5 Å². The van der Waals surface area contributed by atoms with Crippen LogP contribution >= 0.6 is 0 Å². The summed E-state index contributed by atoms with van der Waals surface area (Å²) in [5, 5.41) is 0. The second-order valence-electron chi connectivity index (χ2n) is 7.88. The molecule has 0 aliphatic carbocycles. The zero-order valence-electron chi connectivity index (χ0n) is 17.3. The molecule has 0 N–H and O–H groups in total. The van der Waals surface area contributed by atoms with Crippen LogP contribution in [0.2, 0.25) is 0 Å². The van der Waals surface area contributed by atoms with Gasteiger partial charge in [-0.15, -0.1) is 0 Å². The molecule has 2 heterocycles. The summed E-state index contributed by atoms with van der Waals surface area (Å²) in [4.78, 5) is 8.60. The molecule has 166 valence electrons. The Morgan fingerprint density at radius 1 is 1.03 bits per heavy atom. The van der Waals surface area contributed by atoms with Gasteiger partial charge in [-0.3, -0.25) is 9.97 Å². The number of hydrogen-bond donors (Lipinski definition) is 0. The van der Waals surface area contributed by atoms with Gasteiger partial charge < -0.3 is 9.47 Å². The van der Waals surface area contributed by atoms with Crippen molar-refractivity contribution >= 4 is 0 Å². The summed E-state index contributed by atoms with van der Waals surface area (Å²) in [7, 11) is 0. The van der Waals surface area contributed by atoms with Crippen LogP contribution in [-0.4, -0.2) is 35.8 Å². The van der Waals surface area contributed by atoms with Crippen molar-refractivity contribution in [2.45, 2.75) is 58.1 Å². The molecule has 0 spiro atoms. The van der Waals surface area contributed by atoms with E-state index in [0.29, 0.717) is 11.4 Å². The van der Waals surface area contributed by atoms with Gasteiger partial charge in [0.25, 0.3) is 6.43 Å². The largest absolute Gasteiger partial charge is 0.486 e. The topological polar surface area (TPSA) is 44.2 Å². The van der Waals surface area contributed by atoms with Gasteiger partial charge in [0.05, 0.1) is 11.4 Å². The Morgan fingerprint density at radius 2 is 1.73 bits per heavy atom. The van der Waals surface area contributed by atoms with Crippen molar-refractivity contribution < 1.29 is 31.4 Å². The molecule has 9 heteroatoms. The fourth-order valence-corrected chi connectivity index (χ4v) is 2.89. The number of halogens is 5. The molecule has 30 heavy (non-hydrogen) atoms. The first-order valence-corrected chi connectivity index (χ1v) is 9.44. The maximum atomic E-state index is 12.7. The van der Waals surface area contributed by atoms with Crippen molar-refractivity contribution in [1.82, 2.24) is 9.97 Å². The lowest BCUT2D eigenvalue weighted by Gasteiger charge is -2.27. The summed E-state index contributed by atoms with van der Waals surface area (Å²) in [6, 6.07) is 4.57. The van der Waals surface area contributed by atoms with E-state index in [1.165, 1.54) is 18.3 Å². The molecule has 2 aromatic rings. The van der Waals surface area contributed by atoms with Crippen LogP contribution in [0.5, 0.6) is 11.5 Å². The number of alkyl halides is 5. The first kappa shape index (κ1) is 23.8. The molecule has 0 saturated carbocycles. The molecular formula is C21H25F5N2O2. The summed E-state index contributed by atoms with van der Waals surface area (Å²) in [6.07, 6.45) is -3.83. The van der Waals surface area contributed by atoms with Crippen LogP contribution in [0.15, 0.2) is 30.6 Å². The van der Waals surface area contributed by atoms with E-state index in [0.717, 1.165) is 5.56 Å². The fourth-order valence-electron chi connectivity index (χ4n) is 2.89. The fraction of sp³-hybridized carbons (Fsp3) is 0.524. The third-order valence-corrected chi connectivity index (χ3v) is 4.40. The smallest absolute Gasteiger partial charge is 0.422 e. The van der Waals surface area contributed by atoms with E-state index in [1.54, 1.807) is 26.1 Å². The number of aromatic nitrogens is 2. The van der Waals surface area contributed by atoms with Crippen molar-refractivity contribution in [1.29, 1.82) is 0 Å². The maximum Gasteiger partial charge on any atom is 0.422 e. The van der Waals surface area contributed by atoms with Crippen LogP contribution < -0.4 is 9.47 Å². The minimum absolute atomic E-state index is 0.00803.